The minimum Gasteiger partial charge on any atom is -0.455 e. The van der Waals surface area contributed by atoms with Crippen molar-refractivity contribution in [2.75, 3.05) is 6.54 Å². The summed E-state index contributed by atoms with van der Waals surface area (Å²) in [4.78, 5) is 0. The highest BCUT2D eigenvalue weighted by Crippen LogP contribution is 2.32. The zero-order chi connectivity index (χ0) is 14.4. The zero-order valence-electron chi connectivity index (χ0n) is 11.3. The summed E-state index contributed by atoms with van der Waals surface area (Å²) >= 11 is 12.0. The Hall–Kier alpha value is -1.22. The summed E-state index contributed by atoms with van der Waals surface area (Å²) in [6.45, 7) is 3.90. The quantitative estimate of drug-likeness (QED) is 0.732. The Labute approximate surface area is 129 Å². The van der Waals surface area contributed by atoms with E-state index in [-0.39, 0.29) is 0 Å². The number of nitrogens with one attached hydrogen (secondary N) is 1. The minimum absolute atomic E-state index is 0.508. The predicted molar refractivity (Wildman–Crippen MR) is 85.0 cm³/mol. The molecule has 2 aromatic rings. The van der Waals surface area contributed by atoms with Crippen molar-refractivity contribution in [3.63, 3.8) is 0 Å². The van der Waals surface area contributed by atoms with Crippen LogP contribution < -0.4 is 10.1 Å². The SMILES string of the molecule is CCCNCc1ccccc1Oc1ccc(Cl)cc1Cl. The van der Waals surface area contributed by atoms with Crippen LogP contribution in [0.5, 0.6) is 11.5 Å². The number of rotatable bonds is 6. The third-order valence-corrected chi connectivity index (χ3v) is 3.36. The van der Waals surface area contributed by atoms with Crippen molar-refractivity contribution >= 4 is 23.2 Å². The number of benzene rings is 2. The summed E-state index contributed by atoms with van der Waals surface area (Å²) in [5.41, 5.74) is 1.10. The van der Waals surface area contributed by atoms with E-state index >= 15 is 0 Å². The molecule has 0 heterocycles. The first-order valence-corrected chi connectivity index (χ1v) is 7.38. The predicted octanol–water partition coefficient (Wildman–Crippen LogP) is 5.29. The lowest BCUT2D eigenvalue weighted by molar-refractivity contribution is 0.473. The molecule has 0 unspecified atom stereocenters. The van der Waals surface area contributed by atoms with Crippen molar-refractivity contribution in [3.05, 3.63) is 58.1 Å². The van der Waals surface area contributed by atoms with E-state index in [0.29, 0.717) is 15.8 Å². The fraction of sp³-hybridized carbons (Fsp3) is 0.250. The first-order valence-electron chi connectivity index (χ1n) is 6.62. The maximum absolute atomic E-state index is 6.13. The molecule has 0 aliphatic rings. The third-order valence-electron chi connectivity index (χ3n) is 2.83. The van der Waals surface area contributed by atoms with Gasteiger partial charge >= 0.3 is 0 Å². The summed E-state index contributed by atoms with van der Waals surface area (Å²) in [6, 6.07) is 13.1. The van der Waals surface area contributed by atoms with E-state index in [4.69, 9.17) is 27.9 Å². The highest BCUT2D eigenvalue weighted by Gasteiger charge is 2.07. The Morgan fingerprint density at radius 3 is 2.60 bits per heavy atom. The molecule has 0 saturated carbocycles. The standard InChI is InChI=1S/C16H17Cl2NO/c1-2-9-19-11-12-5-3-4-6-15(12)20-16-8-7-13(17)10-14(16)18/h3-8,10,19H,2,9,11H2,1H3. The van der Waals surface area contributed by atoms with E-state index in [1.165, 1.54) is 0 Å². The number of ether oxygens (including phenoxy) is 1. The van der Waals surface area contributed by atoms with Crippen molar-refractivity contribution in [3.8, 4) is 11.5 Å². The van der Waals surface area contributed by atoms with Gasteiger partial charge in [-0.2, -0.15) is 0 Å². The van der Waals surface area contributed by atoms with Gasteiger partial charge in [0.2, 0.25) is 0 Å². The lowest BCUT2D eigenvalue weighted by atomic mass is 10.2. The van der Waals surface area contributed by atoms with Crippen LogP contribution in [0.15, 0.2) is 42.5 Å². The summed E-state index contributed by atoms with van der Waals surface area (Å²) in [5.74, 6) is 1.42. The molecule has 0 saturated heterocycles. The highest BCUT2D eigenvalue weighted by atomic mass is 35.5. The Bertz CT molecular complexity index is 572. The van der Waals surface area contributed by atoms with E-state index in [2.05, 4.69) is 12.2 Å². The largest absolute Gasteiger partial charge is 0.455 e. The van der Waals surface area contributed by atoms with Crippen LogP contribution in [0, 0.1) is 0 Å². The zero-order valence-corrected chi connectivity index (χ0v) is 12.8. The van der Waals surface area contributed by atoms with Crippen LogP contribution in [-0.2, 0) is 6.54 Å². The average molecular weight is 310 g/mol. The number of para-hydroxylation sites is 1. The minimum atomic E-state index is 0.508. The Kier molecular flexibility index (Phi) is 5.72. The Morgan fingerprint density at radius 2 is 1.85 bits per heavy atom. The second-order valence-electron chi connectivity index (χ2n) is 4.46. The van der Waals surface area contributed by atoms with Gasteiger partial charge in [0.1, 0.15) is 11.5 Å². The molecule has 0 aliphatic carbocycles. The van der Waals surface area contributed by atoms with E-state index in [1.807, 2.05) is 24.3 Å². The van der Waals surface area contributed by atoms with Gasteiger partial charge in [-0.1, -0.05) is 48.3 Å². The van der Waals surface area contributed by atoms with E-state index in [0.717, 1.165) is 30.8 Å². The molecule has 2 aromatic carbocycles. The molecule has 0 aliphatic heterocycles. The van der Waals surface area contributed by atoms with Crippen LogP contribution in [0.3, 0.4) is 0 Å². The smallest absolute Gasteiger partial charge is 0.146 e. The van der Waals surface area contributed by atoms with Crippen molar-refractivity contribution in [2.45, 2.75) is 19.9 Å². The normalized spacial score (nSPS) is 10.6. The molecule has 2 nitrogen and oxygen atoms in total. The molecular weight excluding hydrogens is 293 g/mol. The second kappa shape index (κ2) is 7.53. The van der Waals surface area contributed by atoms with Crippen LogP contribution in [0.1, 0.15) is 18.9 Å². The van der Waals surface area contributed by atoms with Crippen molar-refractivity contribution in [1.29, 1.82) is 0 Å². The van der Waals surface area contributed by atoms with E-state index in [1.54, 1.807) is 18.2 Å². The molecule has 106 valence electrons. The molecule has 0 aromatic heterocycles. The Balaban J connectivity index is 2.16. The molecular formula is C16H17Cl2NO. The van der Waals surface area contributed by atoms with Crippen molar-refractivity contribution in [1.82, 2.24) is 5.32 Å². The first kappa shape index (κ1) is 15.2. The molecule has 0 amide bonds. The molecule has 0 atom stereocenters. The van der Waals surface area contributed by atoms with Gasteiger partial charge in [0.25, 0.3) is 0 Å². The molecule has 2 rings (SSSR count). The second-order valence-corrected chi connectivity index (χ2v) is 5.30. The monoisotopic (exact) mass is 309 g/mol. The molecule has 0 radical (unpaired) electrons. The third kappa shape index (κ3) is 4.14. The van der Waals surface area contributed by atoms with Gasteiger partial charge in [-0.05, 0) is 37.2 Å². The van der Waals surface area contributed by atoms with Crippen molar-refractivity contribution in [2.24, 2.45) is 0 Å². The van der Waals surface area contributed by atoms with Crippen LogP contribution in [0.4, 0.5) is 0 Å². The van der Waals surface area contributed by atoms with E-state index in [9.17, 15) is 0 Å². The van der Waals surface area contributed by atoms with Crippen LogP contribution >= 0.6 is 23.2 Å². The molecule has 0 fully saturated rings. The van der Waals surface area contributed by atoms with Crippen LogP contribution in [0.25, 0.3) is 0 Å². The summed E-state index contributed by atoms with van der Waals surface area (Å²) in [7, 11) is 0. The van der Waals surface area contributed by atoms with Gasteiger partial charge < -0.3 is 10.1 Å². The molecule has 20 heavy (non-hydrogen) atoms. The van der Waals surface area contributed by atoms with Gasteiger partial charge in [-0.3, -0.25) is 0 Å². The topological polar surface area (TPSA) is 21.3 Å². The fourth-order valence-electron chi connectivity index (χ4n) is 1.83. The average Bonchev–Trinajstić information content (AvgIpc) is 2.44. The van der Waals surface area contributed by atoms with Gasteiger partial charge in [-0.15, -0.1) is 0 Å². The van der Waals surface area contributed by atoms with Gasteiger partial charge in [0.05, 0.1) is 5.02 Å². The first-order chi connectivity index (χ1) is 9.70. The molecule has 1 N–H and O–H groups in total. The Morgan fingerprint density at radius 1 is 1.05 bits per heavy atom. The van der Waals surface area contributed by atoms with Crippen LogP contribution in [0.2, 0.25) is 10.0 Å². The summed E-state index contributed by atoms with van der Waals surface area (Å²) in [6.07, 6.45) is 1.10. The van der Waals surface area contributed by atoms with E-state index < -0.39 is 0 Å². The van der Waals surface area contributed by atoms with Gasteiger partial charge in [-0.25, -0.2) is 0 Å². The molecule has 0 spiro atoms. The lowest BCUT2D eigenvalue weighted by Crippen LogP contribution is -2.14. The maximum atomic E-state index is 6.13. The van der Waals surface area contributed by atoms with Crippen molar-refractivity contribution < 1.29 is 4.74 Å². The lowest BCUT2D eigenvalue weighted by Gasteiger charge is -2.12. The fourth-order valence-corrected chi connectivity index (χ4v) is 2.27. The summed E-state index contributed by atoms with van der Waals surface area (Å²) < 4.78 is 5.90. The molecule has 0 bridgehead atoms. The summed E-state index contributed by atoms with van der Waals surface area (Å²) in [5, 5.41) is 4.47. The van der Waals surface area contributed by atoms with Gasteiger partial charge in [0, 0.05) is 17.1 Å². The number of halogens is 2. The van der Waals surface area contributed by atoms with Crippen LogP contribution in [-0.4, -0.2) is 6.54 Å². The number of hydrogen-bond donors (Lipinski definition) is 1. The molecule has 4 heteroatoms. The maximum Gasteiger partial charge on any atom is 0.146 e. The number of hydrogen-bond acceptors (Lipinski definition) is 2. The highest BCUT2D eigenvalue weighted by molar-refractivity contribution is 6.35. The van der Waals surface area contributed by atoms with Gasteiger partial charge in [0.15, 0.2) is 0 Å².